The maximum absolute atomic E-state index is 12.0. The molecular formula is C16H29N3O4. The maximum Gasteiger partial charge on any atom is 0.306 e. The Labute approximate surface area is 138 Å². The summed E-state index contributed by atoms with van der Waals surface area (Å²) >= 11 is 0. The van der Waals surface area contributed by atoms with E-state index in [9.17, 15) is 14.4 Å². The van der Waals surface area contributed by atoms with Crippen molar-refractivity contribution in [3.8, 4) is 0 Å². The van der Waals surface area contributed by atoms with Crippen molar-refractivity contribution in [2.75, 3.05) is 39.3 Å². The van der Waals surface area contributed by atoms with Gasteiger partial charge in [-0.25, -0.2) is 0 Å². The molecule has 132 valence electrons. The fourth-order valence-corrected chi connectivity index (χ4v) is 2.71. The predicted molar refractivity (Wildman–Crippen MR) is 87.0 cm³/mol. The summed E-state index contributed by atoms with van der Waals surface area (Å²) in [6, 6.07) is 0. The van der Waals surface area contributed by atoms with Crippen LogP contribution in [0.1, 0.15) is 39.5 Å². The van der Waals surface area contributed by atoms with E-state index in [0.29, 0.717) is 45.3 Å². The molecule has 2 amide bonds. The normalized spacial score (nSPS) is 16.1. The molecule has 1 heterocycles. The van der Waals surface area contributed by atoms with Gasteiger partial charge in [-0.05, 0) is 25.9 Å². The number of carboxylic acid groups (broad SMARTS) is 1. The van der Waals surface area contributed by atoms with E-state index in [1.807, 2.05) is 6.92 Å². The number of nitrogens with zero attached hydrogens (tertiary/aromatic N) is 2. The lowest BCUT2D eigenvalue weighted by molar-refractivity contribution is -0.143. The van der Waals surface area contributed by atoms with Crippen LogP contribution < -0.4 is 5.32 Å². The molecule has 1 fully saturated rings. The predicted octanol–water partition coefficient (Wildman–Crippen LogP) is 0.548. The fourth-order valence-electron chi connectivity index (χ4n) is 2.71. The van der Waals surface area contributed by atoms with Crippen LogP contribution in [0.4, 0.5) is 0 Å². The van der Waals surface area contributed by atoms with Crippen molar-refractivity contribution in [3.63, 3.8) is 0 Å². The Morgan fingerprint density at radius 3 is 2.30 bits per heavy atom. The van der Waals surface area contributed by atoms with Gasteiger partial charge < -0.3 is 20.2 Å². The number of amides is 2. The number of carboxylic acids is 1. The van der Waals surface area contributed by atoms with Gasteiger partial charge in [0.2, 0.25) is 11.8 Å². The third kappa shape index (κ3) is 6.99. The smallest absolute Gasteiger partial charge is 0.306 e. The summed E-state index contributed by atoms with van der Waals surface area (Å²) in [4.78, 5) is 38.2. The highest BCUT2D eigenvalue weighted by Gasteiger charge is 2.24. The van der Waals surface area contributed by atoms with Crippen LogP contribution in [0.15, 0.2) is 0 Å². The zero-order valence-electron chi connectivity index (χ0n) is 14.2. The third-order valence-electron chi connectivity index (χ3n) is 4.30. The van der Waals surface area contributed by atoms with E-state index in [1.54, 1.807) is 11.8 Å². The molecule has 23 heavy (non-hydrogen) atoms. The molecule has 2 N–H and O–H groups in total. The Morgan fingerprint density at radius 2 is 1.78 bits per heavy atom. The molecule has 1 saturated heterocycles. The van der Waals surface area contributed by atoms with Crippen molar-refractivity contribution >= 4 is 17.8 Å². The van der Waals surface area contributed by atoms with Gasteiger partial charge in [-0.15, -0.1) is 0 Å². The van der Waals surface area contributed by atoms with Crippen LogP contribution in [0.2, 0.25) is 0 Å². The highest BCUT2D eigenvalue weighted by atomic mass is 16.4. The summed E-state index contributed by atoms with van der Waals surface area (Å²) in [6.07, 6.45) is 2.23. The van der Waals surface area contributed by atoms with Gasteiger partial charge in [0.1, 0.15) is 0 Å². The molecule has 0 atom stereocenters. The minimum absolute atomic E-state index is 0.00959. The zero-order chi connectivity index (χ0) is 17.2. The first-order valence-corrected chi connectivity index (χ1v) is 8.47. The largest absolute Gasteiger partial charge is 0.481 e. The van der Waals surface area contributed by atoms with E-state index < -0.39 is 5.97 Å². The Morgan fingerprint density at radius 1 is 1.13 bits per heavy atom. The summed E-state index contributed by atoms with van der Waals surface area (Å²) < 4.78 is 0. The van der Waals surface area contributed by atoms with Crippen molar-refractivity contribution in [2.24, 2.45) is 5.92 Å². The van der Waals surface area contributed by atoms with Crippen LogP contribution in [-0.2, 0) is 14.4 Å². The van der Waals surface area contributed by atoms with Crippen LogP contribution in [0.25, 0.3) is 0 Å². The molecule has 0 aromatic heterocycles. The standard InChI is InChI=1S/C16H29N3O4/c1-3-14(20)17-7-10-19(15(21)4-2)12-11-18-8-5-13(6-9-18)16(22)23/h13H,3-12H2,1-2H3,(H,17,20)(H,22,23). The molecule has 0 spiro atoms. The fraction of sp³-hybridized carbons (Fsp3) is 0.812. The average Bonchev–Trinajstić information content (AvgIpc) is 2.57. The number of nitrogens with one attached hydrogen (secondary N) is 1. The molecule has 1 aliphatic rings. The number of carbonyl (C=O) groups excluding carboxylic acids is 2. The van der Waals surface area contributed by atoms with Gasteiger partial charge >= 0.3 is 5.97 Å². The lowest BCUT2D eigenvalue weighted by Crippen LogP contribution is -2.44. The van der Waals surface area contributed by atoms with E-state index in [2.05, 4.69) is 10.2 Å². The second-order valence-corrected chi connectivity index (χ2v) is 5.89. The molecule has 0 aromatic rings. The average molecular weight is 327 g/mol. The molecule has 0 unspecified atom stereocenters. The molecular weight excluding hydrogens is 298 g/mol. The van der Waals surface area contributed by atoms with E-state index >= 15 is 0 Å². The van der Waals surface area contributed by atoms with Crippen LogP contribution in [-0.4, -0.2) is 72.0 Å². The third-order valence-corrected chi connectivity index (χ3v) is 4.30. The minimum Gasteiger partial charge on any atom is -0.481 e. The van der Waals surface area contributed by atoms with E-state index in [1.165, 1.54) is 0 Å². The van der Waals surface area contributed by atoms with Gasteiger partial charge in [-0.3, -0.25) is 14.4 Å². The second-order valence-electron chi connectivity index (χ2n) is 5.89. The lowest BCUT2D eigenvalue weighted by atomic mass is 9.97. The molecule has 7 heteroatoms. The first-order valence-electron chi connectivity index (χ1n) is 8.47. The number of aliphatic carboxylic acids is 1. The summed E-state index contributed by atoms with van der Waals surface area (Å²) in [5.41, 5.74) is 0. The highest BCUT2D eigenvalue weighted by Crippen LogP contribution is 2.16. The van der Waals surface area contributed by atoms with Gasteiger partial charge in [0.05, 0.1) is 5.92 Å². The van der Waals surface area contributed by atoms with Gasteiger partial charge in [-0.2, -0.15) is 0 Å². The van der Waals surface area contributed by atoms with E-state index in [-0.39, 0.29) is 17.7 Å². The highest BCUT2D eigenvalue weighted by molar-refractivity contribution is 5.76. The minimum atomic E-state index is -0.709. The van der Waals surface area contributed by atoms with Crippen molar-refractivity contribution in [3.05, 3.63) is 0 Å². The Kier molecular flexibility index (Phi) is 8.61. The van der Waals surface area contributed by atoms with Crippen molar-refractivity contribution in [1.29, 1.82) is 0 Å². The first kappa shape index (κ1) is 19.4. The van der Waals surface area contributed by atoms with Crippen LogP contribution >= 0.6 is 0 Å². The number of carbonyl (C=O) groups is 3. The van der Waals surface area contributed by atoms with Crippen LogP contribution in [0.5, 0.6) is 0 Å². The van der Waals surface area contributed by atoms with Gasteiger partial charge in [0.15, 0.2) is 0 Å². The number of piperidine rings is 1. The van der Waals surface area contributed by atoms with Gasteiger partial charge in [-0.1, -0.05) is 13.8 Å². The summed E-state index contributed by atoms with van der Waals surface area (Å²) in [5.74, 6) is -0.871. The second kappa shape index (κ2) is 10.2. The topological polar surface area (TPSA) is 90.0 Å². The Hall–Kier alpha value is -1.63. The molecule has 0 radical (unpaired) electrons. The summed E-state index contributed by atoms with van der Waals surface area (Å²) in [5, 5.41) is 11.8. The van der Waals surface area contributed by atoms with E-state index in [4.69, 9.17) is 5.11 Å². The number of hydrogen-bond acceptors (Lipinski definition) is 4. The first-order chi connectivity index (χ1) is 11.0. The summed E-state index contributed by atoms with van der Waals surface area (Å²) in [6.45, 7) is 7.51. The molecule has 1 aliphatic heterocycles. The van der Waals surface area contributed by atoms with Crippen LogP contribution in [0, 0.1) is 5.92 Å². The van der Waals surface area contributed by atoms with Crippen LogP contribution in [0.3, 0.4) is 0 Å². The molecule has 1 rings (SSSR count). The Bertz CT molecular complexity index is 406. The maximum atomic E-state index is 12.0. The van der Waals surface area contributed by atoms with Gasteiger partial charge in [0.25, 0.3) is 0 Å². The Balaban J connectivity index is 2.35. The SMILES string of the molecule is CCC(=O)NCCN(CCN1CCC(C(=O)O)CC1)C(=O)CC. The monoisotopic (exact) mass is 327 g/mol. The molecule has 0 aliphatic carbocycles. The lowest BCUT2D eigenvalue weighted by Gasteiger charge is -2.32. The zero-order valence-corrected chi connectivity index (χ0v) is 14.2. The molecule has 0 bridgehead atoms. The number of rotatable bonds is 9. The van der Waals surface area contributed by atoms with Crippen molar-refractivity contribution < 1.29 is 19.5 Å². The van der Waals surface area contributed by atoms with Gasteiger partial charge in [0, 0.05) is 39.0 Å². The van der Waals surface area contributed by atoms with E-state index in [0.717, 1.165) is 19.6 Å². The number of hydrogen-bond donors (Lipinski definition) is 2. The summed E-state index contributed by atoms with van der Waals surface area (Å²) in [7, 11) is 0. The molecule has 7 nitrogen and oxygen atoms in total. The van der Waals surface area contributed by atoms with Crippen molar-refractivity contribution in [2.45, 2.75) is 39.5 Å². The molecule has 0 aromatic carbocycles. The quantitative estimate of drug-likeness (QED) is 0.645. The van der Waals surface area contributed by atoms with Crippen molar-refractivity contribution in [1.82, 2.24) is 15.1 Å². The number of likely N-dealkylation sites (tertiary alicyclic amines) is 1. The molecule has 0 saturated carbocycles.